The first-order valence-electron chi connectivity index (χ1n) is 3.51. The summed E-state index contributed by atoms with van der Waals surface area (Å²) in [6.45, 7) is 3.84. The van der Waals surface area contributed by atoms with Crippen molar-refractivity contribution < 1.29 is 9.11 Å². The van der Waals surface area contributed by atoms with Crippen LogP contribution in [-0.2, 0) is 0 Å². The van der Waals surface area contributed by atoms with E-state index in [1.807, 2.05) is 6.92 Å². The van der Waals surface area contributed by atoms with Gasteiger partial charge in [0.25, 0.3) is 0 Å². The lowest BCUT2D eigenvalue weighted by atomic mass is 10.3. The summed E-state index contributed by atoms with van der Waals surface area (Å²) < 4.78 is 18.2. The van der Waals surface area contributed by atoms with E-state index in [0.717, 1.165) is 5.57 Å². The van der Waals surface area contributed by atoms with Crippen LogP contribution in [0, 0.1) is 0 Å². The molecule has 0 aromatic heterocycles. The van der Waals surface area contributed by atoms with Gasteiger partial charge >= 0.3 is 0 Å². The molecule has 0 saturated carbocycles. The molecule has 0 rings (SSSR count). The molecule has 72 valence electrons. The zero-order valence-corrected chi connectivity index (χ0v) is 8.43. The summed E-state index contributed by atoms with van der Waals surface area (Å²) in [7, 11) is -2.64. The van der Waals surface area contributed by atoms with E-state index in [1.54, 1.807) is 13.1 Å². The minimum Gasteiger partial charge on any atom is -0.327 e. The summed E-state index contributed by atoms with van der Waals surface area (Å²) >= 11 is 0. The van der Waals surface area contributed by atoms with Crippen molar-refractivity contribution in [2.45, 2.75) is 13.8 Å². The molecule has 0 aliphatic heterocycles. The lowest BCUT2D eigenvalue weighted by molar-refractivity contribution is 0.511. The van der Waals surface area contributed by atoms with Crippen molar-refractivity contribution in [1.29, 1.82) is 0 Å². The van der Waals surface area contributed by atoms with E-state index in [-0.39, 0.29) is 0 Å². The van der Waals surface area contributed by atoms with Gasteiger partial charge in [-0.1, -0.05) is 0 Å². The second-order valence-corrected chi connectivity index (χ2v) is 4.92. The maximum atomic E-state index is 9.12. The predicted octanol–water partition coefficient (Wildman–Crippen LogP) is 1.65. The highest BCUT2D eigenvalue weighted by molar-refractivity contribution is 8.36. The van der Waals surface area contributed by atoms with E-state index in [0.29, 0.717) is 11.6 Å². The molecule has 0 atom stereocenters. The molecule has 0 heterocycles. The summed E-state index contributed by atoms with van der Waals surface area (Å²) in [5.74, 6) is 0. The Balaban J connectivity index is 4.39. The minimum atomic E-state index is -2.64. The first kappa shape index (κ1) is 11.6. The van der Waals surface area contributed by atoms with Crippen LogP contribution in [0.1, 0.15) is 13.8 Å². The van der Waals surface area contributed by atoms with Crippen LogP contribution in [0.5, 0.6) is 0 Å². The van der Waals surface area contributed by atoms with Crippen molar-refractivity contribution in [3.8, 4) is 0 Å². The Hall–Kier alpha value is -0.360. The molecular weight excluding hydrogens is 176 g/mol. The van der Waals surface area contributed by atoms with Gasteiger partial charge in [0.15, 0.2) is 0 Å². The zero-order chi connectivity index (χ0) is 9.78. The van der Waals surface area contributed by atoms with Gasteiger partial charge in [-0.15, -0.1) is 0 Å². The van der Waals surface area contributed by atoms with Gasteiger partial charge in [-0.2, -0.15) is 10.6 Å². The van der Waals surface area contributed by atoms with E-state index in [1.165, 1.54) is 6.26 Å². The topological polar surface area (TPSA) is 78.8 Å². The smallest absolute Gasteiger partial charge is 0.120 e. The zero-order valence-electron chi connectivity index (χ0n) is 7.61. The van der Waals surface area contributed by atoms with E-state index in [4.69, 9.17) is 14.8 Å². The van der Waals surface area contributed by atoms with E-state index in [2.05, 4.69) is 4.99 Å². The maximum Gasteiger partial charge on any atom is 0.120 e. The van der Waals surface area contributed by atoms with Crippen LogP contribution in [0.3, 0.4) is 0 Å². The summed E-state index contributed by atoms with van der Waals surface area (Å²) in [6, 6.07) is 0. The predicted molar refractivity (Wildman–Crippen MR) is 54.7 cm³/mol. The van der Waals surface area contributed by atoms with Crippen molar-refractivity contribution >= 4 is 15.6 Å². The van der Waals surface area contributed by atoms with Gasteiger partial charge in [-0.05, 0) is 19.4 Å². The van der Waals surface area contributed by atoms with Gasteiger partial charge in [0.2, 0.25) is 0 Å². The summed E-state index contributed by atoms with van der Waals surface area (Å²) in [4.78, 5) is 3.88. The van der Waals surface area contributed by atoms with E-state index >= 15 is 0 Å². The fourth-order valence-corrected chi connectivity index (χ4v) is 0.606. The molecule has 0 unspecified atom stereocenters. The highest BCUT2D eigenvalue weighted by Gasteiger charge is 2.06. The Kier molecular flexibility index (Phi) is 4.47. The average Bonchev–Trinajstić information content (AvgIpc) is 1.97. The lowest BCUT2D eigenvalue weighted by Crippen LogP contribution is -2.05. The molecule has 5 heteroatoms. The highest BCUT2D eigenvalue weighted by atomic mass is 32.3. The van der Waals surface area contributed by atoms with Gasteiger partial charge in [0, 0.05) is 19.0 Å². The minimum absolute atomic E-state index is 0.329. The number of rotatable bonds is 2. The Morgan fingerprint density at radius 3 is 2.33 bits per heavy atom. The normalized spacial score (nSPS) is 16.5. The molecule has 0 amide bonds. The molecule has 0 aliphatic carbocycles. The Bertz CT molecular complexity index is 206. The van der Waals surface area contributed by atoms with E-state index < -0.39 is 10.6 Å². The molecule has 0 radical (unpaired) electrons. The molecule has 0 saturated heterocycles. The third-order valence-corrected chi connectivity index (χ3v) is 2.57. The van der Waals surface area contributed by atoms with Crippen LogP contribution in [0.2, 0.25) is 0 Å². The van der Waals surface area contributed by atoms with Crippen LogP contribution in [0.25, 0.3) is 0 Å². The lowest BCUT2D eigenvalue weighted by Gasteiger charge is -2.25. The number of hydrogen-bond acceptors (Lipinski definition) is 4. The molecule has 0 spiro atoms. The first-order valence-corrected chi connectivity index (χ1v) is 5.46. The highest BCUT2D eigenvalue weighted by Crippen LogP contribution is 2.34. The van der Waals surface area contributed by atoms with Crippen LogP contribution >= 0.6 is 10.6 Å². The van der Waals surface area contributed by atoms with Gasteiger partial charge in [-0.3, -0.25) is 9.11 Å². The van der Waals surface area contributed by atoms with Crippen molar-refractivity contribution in [3.63, 3.8) is 0 Å². The molecule has 0 bridgehead atoms. The Labute approximate surface area is 74.5 Å². The number of hydrogen-bond donors (Lipinski definition) is 3. The van der Waals surface area contributed by atoms with Gasteiger partial charge in [-0.25, -0.2) is 4.99 Å². The summed E-state index contributed by atoms with van der Waals surface area (Å²) in [5.41, 5.74) is 6.21. The van der Waals surface area contributed by atoms with Crippen LogP contribution in [0.4, 0.5) is 0 Å². The van der Waals surface area contributed by atoms with Gasteiger partial charge in [0.05, 0.1) is 0 Å². The van der Waals surface area contributed by atoms with Gasteiger partial charge in [0.1, 0.15) is 5.04 Å². The second kappa shape index (κ2) is 4.61. The summed E-state index contributed by atoms with van der Waals surface area (Å²) in [6.07, 6.45) is 2.89. The molecular formula is C7H16N2O2S. The molecule has 0 aromatic carbocycles. The monoisotopic (exact) mass is 192 g/mol. The van der Waals surface area contributed by atoms with Crippen molar-refractivity contribution in [2.75, 3.05) is 12.8 Å². The third-order valence-electron chi connectivity index (χ3n) is 1.35. The second-order valence-electron chi connectivity index (χ2n) is 2.66. The fraction of sp³-hybridized carbons (Fsp3) is 0.571. The van der Waals surface area contributed by atoms with Crippen LogP contribution in [0.15, 0.2) is 16.8 Å². The SMILES string of the molecule is CC(=N/C=C(\C)CN)S(C)(O)O. The van der Waals surface area contributed by atoms with Gasteiger partial charge < -0.3 is 5.73 Å². The number of nitrogens with zero attached hydrogens (tertiary/aromatic N) is 1. The fourth-order valence-electron chi connectivity index (χ4n) is 0.354. The van der Waals surface area contributed by atoms with Crippen LogP contribution < -0.4 is 5.73 Å². The maximum absolute atomic E-state index is 9.12. The summed E-state index contributed by atoms with van der Waals surface area (Å²) in [5, 5.41) is 0.329. The van der Waals surface area contributed by atoms with Crippen molar-refractivity contribution in [3.05, 3.63) is 11.8 Å². The van der Waals surface area contributed by atoms with E-state index in [9.17, 15) is 0 Å². The largest absolute Gasteiger partial charge is 0.327 e. The third kappa shape index (κ3) is 4.50. The first-order chi connectivity index (χ1) is 5.38. The Morgan fingerprint density at radius 1 is 1.50 bits per heavy atom. The molecule has 0 fully saturated rings. The van der Waals surface area contributed by atoms with Crippen LogP contribution in [-0.4, -0.2) is 26.9 Å². The molecule has 0 aromatic rings. The Morgan fingerprint density at radius 2 is 2.00 bits per heavy atom. The molecule has 4 nitrogen and oxygen atoms in total. The van der Waals surface area contributed by atoms with Crippen molar-refractivity contribution in [1.82, 2.24) is 0 Å². The average molecular weight is 192 g/mol. The number of aliphatic imine (C=N–C) groups is 1. The van der Waals surface area contributed by atoms with Crippen molar-refractivity contribution in [2.24, 2.45) is 10.7 Å². The molecule has 0 aliphatic rings. The molecule has 12 heavy (non-hydrogen) atoms. The molecule has 4 N–H and O–H groups in total. The number of nitrogens with two attached hydrogens (primary N) is 1. The quantitative estimate of drug-likeness (QED) is 0.459. The standard InChI is InChI=1S/C7H16N2O2S/c1-6(4-8)5-9-7(2)12(3,10)11/h5,10-11H,4,8H2,1-3H3/b6-5+,9-7?.